The quantitative estimate of drug-likeness (QED) is 0.553. The van der Waals surface area contributed by atoms with Gasteiger partial charge in [-0.3, -0.25) is 4.79 Å². The summed E-state index contributed by atoms with van der Waals surface area (Å²) in [6.45, 7) is 0.323. The van der Waals surface area contributed by atoms with Crippen LogP contribution in [0.4, 0.5) is 4.39 Å². The number of halogens is 1. The van der Waals surface area contributed by atoms with E-state index in [4.69, 9.17) is 0 Å². The lowest BCUT2D eigenvalue weighted by Gasteiger charge is -2.17. The molecule has 0 aliphatic heterocycles. The molecule has 1 unspecified atom stereocenters. The average molecular weight is 373 g/mol. The maximum atomic E-state index is 13.3. The number of hydrogen-bond acceptors (Lipinski definition) is 2. The molecule has 1 N–H and O–H groups in total. The van der Waals surface area contributed by atoms with Crippen LogP contribution >= 0.6 is 0 Å². The SMILES string of the molecule is O=C(NCc1ncc2ccccn12)C(Cc1ccccc1)c1ccc(F)cc1. The molecule has 0 saturated heterocycles. The second-order valence-corrected chi connectivity index (χ2v) is 6.68. The number of carbonyl (C=O) groups excluding carboxylic acids is 1. The molecule has 0 spiro atoms. The van der Waals surface area contributed by atoms with Crippen molar-refractivity contribution < 1.29 is 9.18 Å². The number of hydrogen-bond donors (Lipinski definition) is 1. The maximum absolute atomic E-state index is 13.3. The first-order valence-corrected chi connectivity index (χ1v) is 9.19. The summed E-state index contributed by atoms with van der Waals surface area (Å²) >= 11 is 0. The maximum Gasteiger partial charge on any atom is 0.228 e. The van der Waals surface area contributed by atoms with Gasteiger partial charge in [0.25, 0.3) is 0 Å². The molecule has 1 amide bonds. The lowest BCUT2D eigenvalue weighted by molar-refractivity contribution is -0.122. The van der Waals surface area contributed by atoms with Crippen molar-refractivity contribution >= 4 is 11.4 Å². The Morgan fingerprint density at radius 3 is 2.54 bits per heavy atom. The number of carbonyl (C=O) groups is 1. The fourth-order valence-electron chi connectivity index (χ4n) is 3.33. The first kappa shape index (κ1) is 17.9. The summed E-state index contributed by atoms with van der Waals surface area (Å²) in [4.78, 5) is 17.4. The van der Waals surface area contributed by atoms with E-state index < -0.39 is 5.92 Å². The molecule has 140 valence electrons. The van der Waals surface area contributed by atoms with E-state index in [1.165, 1.54) is 12.1 Å². The van der Waals surface area contributed by atoms with Crippen molar-refractivity contribution in [2.75, 3.05) is 0 Å². The Morgan fingerprint density at radius 2 is 1.75 bits per heavy atom. The van der Waals surface area contributed by atoms with E-state index in [1.807, 2.05) is 59.1 Å². The molecule has 1 atom stereocenters. The first-order valence-electron chi connectivity index (χ1n) is 9.19. The molecule has 4 aromatic rings. The van der Waals surface area contributed by atoms with Gasteiger partial charge in [0.1, 0.15) is 11.6 Å². The summed E-state index contributed by atoms with van der Waals surface area (Å²) in [5.74, 6) is -0.0645. The summed E-state index contributed by atoms with van der Waals surface area (Å²) in [6, 6.07) is 21.8. The van der Waals surface area contributed by atoms with Gasteiger partial charge in [-0.2, -0.15) is 0 Å². The average Bonchev–Trinajstić information content (AvgIpc) is 3.15. The zero-order chi connectivity index (χ0) is 19.3. The summed E-state index contributed by atoms with van der Waals surface area (Å²) in [5, 5.41) is 2.99. The second kappa shape index (κ2) is 8.05. The van der Waals surface area contributed by atoms with Gasteiger partial charge >= 0.3 is 0 Å². The van der Waals surface area contributed by atoms with E-state index >= 15 is 0 Å². The van der Waals surface area contributed by atoms with Crippen LogP contribution in [0.3, 0.4) is 0 Å². The van der Waals surface area contributed by atoms with Gasteiger partial charge in [-0.25, -0.2) is 9.37 Å². The third-order valence-electron chi connectivity index (χ3n) is 4.81. The topological polar surface area (TPSA) is 46.4 Å². The van der Waals surface area contributed by atoms with Gasteiger partial charge in [-0.1, -0.05) is 48.5 Å². The molecule has 2 aromatic carbocycles. The van der Waals surface area contributed by atoms with Crippen LogP contribution in [-0.2, 0) is 17.8 Å². The largest absolute Gasteiger partial charge is 0.348 e. The van der Waals surface area contributed by atoms with Crippen molar-refractivity contribution in [2.45, 2.75) is 18.9 Å². The summed E-state index contributed by atoms with van der Waals surface area (Å²) in [6.07, 6.45) is 4.24. The van der Waals surface area contributed by atoms with Crippen LogP contribution < -0.4 is 5.32 Å². The minimum absolute atomic E-state index is 0.108. The molecule has 0 saturated carbocycles. The number of benzene rings is 2. The lowest BCUT2D eigenvalue weighted by Crippen LogP contribution is -2.30. The fourth-order valence-corrected chi connectivity index (χ4v) is 3.33. The molecule has 2 aromatic heterocycles. The number of imidazole rings is 1. The van der Waals surface area contributed by atoms with E-state index in [1.54, 1.807) is 18.3 Å². The lowest BCUT2D eigenvalue weighted by atomic mass is 9.91. The molecule has 0 radical (unpaired) electrons. The van der Waals surface area contributed by atoms with Crippen LogP contribution in [0, 0.1) is 5.82 Å². The van der Waals surface area contributed by atoms with E-state index in [9.17, 15) is 9.18 Å². The summed E-state index contributed by atoms with van der Waals surface area (Å²) < 4.78 is 15.3. The zero-order valence-corrected chi connectivity index (χ0v) is 15.3. The molecule has 2 heterocycles. The Morgan fingerprint density at radius 1 is 1.00 bits per heavy atom. The highest BCUT2D eigenvalue weighted by molar-refractivity contribution is 5.84. The molecule has 0 bridgehead atoms. The molecular formula is C23H20FN3O. The van der Waals surface area contributed by atoms with Gasteiger partial charge < -0.3 is 9.72 Å². The Balaban J connectivity index is 1.54. The van der Waals surface area contributed by atoms with Crippen molar-refractivity contribution in [3.05, 3.63) is 108 Å². The van der Waals surface area contributed by atoms with Gasteiger partial charge in [0, 0.05) is 6.20 Å². The highest BCUT2D eigenvalue weighted by atomic mass is 19.1. The van der Waals surface area contributed by atoms with Gasteiger partial charge in [0.2, 0.25) is 5.91 Å². The van der Waals surface area contributed by atoms with Gasteiger partial charge in [0.15, 0.2) is 0 Å². The molecule has 4 rings (SSSR count). The molecule has 28 heavy (non-hydrogen) atoms. The number of rotatable bonds is 6. The van der Waals surface area contributed by atoms with Crippen molar-refractivity contribution in [1.82, 2.24) is 14.7 Å². The normalized spacial score (nSPS) is 12.0. The molecule has 0 aliphatic rings. The van der Waals surface area contributed by atoms with Crippen LogP contribution in [0.1, 0.15) is 22.9 Å². The van der Waals surface area contributed by atoms with Crippen LogP contribution in [0.15, 0.2) is 85.2 Å². The Bertz CT molecular complexity index is 1070. The van der Waals surface area contributed by atoms with E-state index in [-0.39, 0.29) is 11.7 Å². The number of amides is 1. The van der Waals surface area contributed by atoms with Gasteiger partial charge in [-0.15, -0.1) is 0 Å². The van der Waals surface area contributed by atoms with E-state index in [0.717, 1.165) is 22.5 Å². The number of pyridine rings is 1. The summed E-state index contributed by atoms with van der Waals surface area (Å²) in [7, 11) is 0. The number of fused-ring (bicyclic) bond motifs is 1. The Hall–Kier alpha value is -3.47. The van der Waals surface area contributed by atoms with Gasteiger partial charge in [-0.05, 0) is 41.8 Å². The predicted octanol–water partition coefficient (Wildman–Crippen LogP) is 4.12. The second-order valence-electron chi connectivity index (χ2n) is 6.68. The van der Waals surface area contributed by atoms with Crippen LogP contribution in [-0.4, -0.2) is 15.3 Å². The molecule has 4 nitrogen and oxygen atoms in total. The van der Waals surface area contributed by atoms with Crippen LogP contribution in [0.2, 0.25) is 0 Å². The van der Waals surface area contributed by atoms with Crippen molar-refractivity contribution in [3.8, 4) is 0 Å². The monoisotopic (exact) mass is 373 g/mol. The number of aromatic nitrogens is 2. The third kappa shape index (κ3) is 3.93. The van der Waals surface area contributed by atoms with Crippen LogP contribution in [0.25, 0.3) is 5.52 Å². The van der Waals surface area contributed by atoms with Crippen molar-refractivity contribution in [2.24, 2.45) is 0 Å². The smallest absolute Gasteiger partial charge is 0.228 e. The Kier molecular flexibility index (Phi) is 5.15. The highest BCUT2D eigenvalue weighted by Gasteiger charge is 2.21. The van der Waals surface area contributed by atoms with Gasteiger partial charge in [0.05, 0.1) is 24.2 Å². The molecular weight excluding hydrogens is 353 g/mol. The van der Waals surface area contributed by atoms with Crippen molar-refractivity contribution in [3.63, 3.8) is 0 Å². The van der Waals surface area contributed by atoms with Crippen molar-refractivity contribution in [1.29, 1.82) is 0 Å². The molecule has 0 fully saturated rings. The summed E-state index contributed by atoms with van der Waals surface area (Å²) in [5.41, 5.74) is 2.82. The van der Waals surface area contributed by atoms with E-state index in [2.05, 4.69) is 10.3 Å². The minimum Gasteiger partial charge on any atom is -0.348 e. The first-order chi connectivity index (χ1) is 13.7. The molecule has 5 heteroatoms. The van der Waals surface area contributed by atoms with E-state index in [0.29, 0.717) is 13.0 Å². The number of nitrogens with zero attached hydrogens (tertiary/aromatic N) is 2. The van der Waals surface area contributed by atoms with Crippen LogP contribution in [0.5, 0.6) is 0 Å². The standard InChI is InChI=1S/C23H20FN3O/c24-19-11-9-18(10-12-19)21(14-17-6-2-1-3-7-17)23(28)26-16-22-25-15-20-8-4-5-13-27(20)22/h1-13,15,21H,14,16H2,(H,26,28). The highest BCUT2D eigenvalue weighted by Crippen LogP contribution is 2.22. The fraction of sp³-hybridized carbons (Fsp3) is 0.130. The third-order valence-corrected chi connectivity index (χ3v) is 4.81. The predicted molar refractivity (Wildman–Crippen MR) is 106 cm³/mol. The molecule has 0 aliphatic carbocycles. The minimum atomic E-state index is -0.408. The number of nitrogens with one attached hydrogen (secondary N) is 1. The zero-order valence-electron chi connectivity index (χ0n) is 15.3. The Labute approximate surface area is 162 Å².